The average molecular weight is 309 g/mol. The molecule has 0 fully saturated rings. The zero-order valence-electron chi connectivity index (χ0n) is 13.1. The van der Waals surface area contributed by atoms with Gasteiger partial charge in [-0.1, -0.05) is 53.3 Å². The molecule has 3 rings (SSSR count). The molecule has 0 aliphatic carbocycles. The average Bonchev–Trinajstić information content (AvgIpc) is 2.85. The van der Waals surface area contributed by atoms with Gasteiger partial charge in [-0.2, -0.15) is 5.10 Å². The summed E-state index contributed by atoms with van der Waals surface area (Å²) in [5.74, 6) is 0. The number of para-hydroxylation sites is 1. The summed E-state index contributed by atoms with van der Waals surface area (Å²) in [6.07, 6.45) is 0. The summed E-state index contributed by atoms with van der Waals surface area (Å²) in [6.45, 7) is 6.83. The SMILES string of the molecule is CC(C)=N/N=c1\sc2ccccc2n1Cc1ccc(C)cc1. The van der Waals surface area contributed by atoms with Crippen molar-refractivity contribution in [2.45, 2.75) is 27.3 Å². The molecule has 0 radical (unpaired) electrons. The van der Waals surface area contributed by atoms with Crippen molar-refractivity contribution in [1.29, 1.82) is 0 Å². The molecule has 1 heterocycles. The Morgan fingerprint density at radius 1 is 1.05 bits per heavy atom. The minimum Gasteiger partial charge on any atom is -0.311 e. The first-order valence-corrected chi connectivity index (χ1v) is 8.14. The summed E-state index contributed by atoms with van der Waals surface area (Å²) in [4.78, 5) is 0.933. The van der Waals surface area contributed by atoms with Crippen molar-refractivity contribution < 1.29 is 0 Å². The van der Waals surface area contributed by atoms with E-state index in [1.54, 1.807) is 11.3 Å². The number of hydrogen-bond donors (Lipinski definition) is 0. The summed E-state index contributed by atoms with van der Waals surface area (Å²) in [5, 5.41) is 8.66. The first-order chi connectivity index (χ1) is 10.6. The highest BCUT2D eigenvalue weighted by Gasteiger charge is 2.06. The number of thiazole rings is 1. The van der Waals surface area contributed by atoms with Crippen molar-refractivity contribution in [2.75, 3.05) is 0 Å². The van der Waals surface area contributed by atoms with Gasteiger partial charge in [-0.3, -0.25) is 0 Å². The normalized spacial score (nSPS) is 11.9. The van der Waals surface area contributed by atoms with Crippen molar-refractivity contribution in [3.8, 4) is 0 Å². The van der Waals surface area contributed by atoms with Crippen LogP contribution in [0.3, 0.4) is 0 Å². The summed E-state index contributed by atoms with van der Waals surface area (Å²) in [7, 11) is 0. The minimum absolute atomic E-state index is 0.807. The lowest BCUT2D eigenvalue weighted by atomic mass is 10.1. The minimum atomic E-state index is 0.807. The van der Waals surface area contributed by atoms with Crippen LogP contribution in [0.15, 0.2) is 58.7 Å². The molecule has 0 N–H and O–H groups in total. The van der Waals surface area contributed by atoms with Crippen LogP contribution in [0.4, 0.5) is 0 Å². The van der Waals surface area contributed by atoms with Gasteiger partial charge in [0.1, 0.15) is 0 Å². The van der Waals surface area contributed by atoms with Gasteiger partial charge in [0.05, 0.1) is 16.8 Å². The molecule has 0 aliphatic rings. The molecule has 0 atom stereocenters. The summed E-state index contributed by atoms with van der Waals surface area (Å²) in [5.41, 5.74) is 4.71. The van der Waals surface area contributed by atoms with Crippen LogP contribution in [0.5, 0.6) is 0 Å². The van der Waals surface area contributed by atoms with Gasteiger partial charge in [-0.25, -0.2) is 0 Å². The highest BCUT2D eigenvalue weighted by atomic mass is 32.1. The summed E-state index contributed by atoms with van der Waals surface area (Å²) >= 11 is 1.68. The molecule has 2 aromatic carbocycles. The van der Waals surface area contributed by atoms with Crippen molar-refractivity contribution in [1.82, 2.24) is 4.57 Å². The number of aryl methyl sites for hydroxylation is 1. The van der Waals surface area contributed by atoms with Gasteiger partial charge in [0.25, 0.3) is 0 Å². The Morgan fingerprint density at radius 3 is 2.50 bits per heavy atom. The second-order valence-electron chi connectivity index (χ2n) is 5.57. The molecule has 3 aromatic rings. The highest BCUT2D eigenvalue weighted by molar-refractivity contribution is 7.16. The standard InChI is InChI=1S/C18H19N3S/c1-13(2)19-20-18-21(12-15-10-8-14(3)9-11-15)16-6-4-5-7-17(16)22-18/h4-11H,12H2,1-3H3/b20-18-. The molecule has 3 nitrogen and oxygen atoms in total. The van der Waals surface area contributed by atoms with Gasteiger partial charge in [-0.15, -0.1) is 5.10 Å². The number of fused-ring (bicyclic) bond motifs is 1. The fourth-order valence-corrected chi connectivity index (χ4v) is 3.25. The maximum atomic E-state index is 4.43. The van der Waals surface area contributed by atoms with Crippen molar-refractivity contribution in [3.05, 3.63) is 64.5 Å². The Hall–Kier alpha value is -2.20. The largest absolute Gasteiger partial charge is 0.311 e. The molecule has 22 heavy (non-hydrogen) atoms. The molecule has 0 saturated carbocycles. The predicted molar refractivity (Wildman–Crippen MR) is 94.4 cm³/mol. The van der Waals surface area contributed by atoms with E-state index in [1.165, 1.54) is 21.3 Å². The van der Waals surface area contributed by atoms with Gasteiger partial charge < -0.3 is 4.57 Å². The van der Waals surface area contributed by atoms with Crippen LogP contribution in [-0.4, -0.2) is 10.3 Å². The van der Waals surface area contributed by atoms with Crippen LogP contribution in [-0.2, 0) is 6.54 Å². The van der Waals surface area contributed by atoms with Gasteiger partial charge in [-0.05, 0) is 38.5 Å². The second kappa shape index (κ2) is 6.28. The monoisotopic (exact) mass is 309 g/mol. The van der Waals surface area contributed by atoms with Crippen LogP contribution in [0, 0.1) is 6.92 Å². The fourth-order valence-electron chi connectivity index (χ4n) is 2.27. The van der Waals surface area contributed by atoms with E-state index in [2.05, 4.69) is 70.2 Å². The highest BCUT2D eigenvalue weighted by Crippen LogP contribution is 2.18. The third-order valence-electron chi connectivity index (χ3n) is 3.39. The number of benzene rings is 2. The Balaban J connectivity index is 2.13. The Morgan fingerprint density at radius 2 is 1.77 bits per heavy atom. The van der Waals surface area contributed by atoms with E-state index in [0.717, 1.165) is 17.1 Å². The van der Waals surface area contributed by atoms with Crippen LogP contribution in [0.1, 0.15) is 25.0 Å². The van der Waals surface area contributed by atoms with Gasteiger partial charge in [0.2, 0.25) is 4.80 Å². The van der Waals surface area contributed by atoms with Crippen LogP contribution in [0.25, 0.3) is 10.2 Å². The number of hydrogen-bond acceptors (Lipinski definition) is 3. The first kappa shape index (κ1) is 14.7. The van der Waals surface area contributed by atoms with Crippen LogP contribution >= 0.6 is 11.3 Å². The zero-order valence-corrected chi connectivity index (χ0v) is 13.9. The second-order valence-corrected chi connectivity index (χ2v) is 6.58. The van der Waals surface area contributed by atoms with Gasteiger partial charge >= 0.3 is 0 Å². The summed E-state index contributed by atoms with van der Waals surface area (Å²) in [6, 6.07) is 17.0. The molecule has 0 spiro atoms. The predicted octanol–water partition coefficient (Wildman–Crippen LogP) is 4.36. The quantitative estimate of drug-likeness (QED) is 0.508. The molecule has 4 heteroatoms. The third-order valence-corrected chi connectivity index (χ3v) is 4.43. The topological polar surface area (TPSA) is 29.6 Å². The molecule has 112 valence electrons. The van der Waals surface area contributed by atoms with E-state index in [-0.39, 0.29) is 0 Å². The molecule has 0 bridgehead atoms. The smallest absolute Gasteiger partial charge is 0.211 e. The number of nitrogens with zero attached hydrogens (tertiary/aromatic N) is 3. The van der Waals surface area contributed by atoms with E-state index < -0.39 is 0 Å². The van der Waals surface area contributed by atoms with Gasteiger partial charge in [0.15, 0.2) is 0 Å². The zero-order chi connectivity index (χ0) is 15.5. The lowest BCUT2D eigenvalue weighted by molar-refractivity contribution is 0.788. The molecular formula is C18H19N3S. The number of aromatic nitrogens is 1. The first-order valence-electron chi connectivity index (χ1n) is 7.32. The Kier molecular flexibility index (Phi) is 4.20. The van der Waals surface area contributed by atoms with E-state index in [9.17, 15) is 0 Å². The lowest BCUT2D eigenvalue weighted by Gasteiger charge is -2.05. The van der Waals surface area contributed by atoms with E-state index in [0.29, 0.717) is 0 Å². The molecule has 1 aromatic heterocycles. The maximum Gasteiger partial charge on any atom is 0.211 e. The molecular weight excluding hydrogens is 290 g/mol. The van der Waals surface area contributed by atoms with Crippen LogP contribution < -0.4 is 4.80 Å². The Labute approximate surface area is 134 Å². The van der Waals surface area contributed by atoms with Crippen molar-refractivity contribution >= 4 is 27.3 Å². The molecule has 0 aliphatic heterocycles. The maximum absolute atomic E-state index is 4.43. The fraction of sp³-hybridized carbons (Fsp3) is 0.222. The van der Waals surface area contributed by atoms with Gasteiger partial charge in [0, 0.05) is 5.71 Å². The third kappa shape index (κ3) is 3.17. The number of rotatable bonds is 3. The van der Waals surface area contributed by atoms with Crippen LogP contribution in [0.2, 0.25) is 0 Å². The lowest BCUT2D eigenvalue weighted by Crippen LogP contribution is -2.15. The summed E-state index contributed by atoms with van der Waals surface area (Å²) < 4.78 is 3.47. The van der Waals surface area contributed by atoms with Crippen molar-refractivity contribution in [2.24, 2.45) is 10.2 Å². The van der Waals surface area contributed by atoms with E-state index >= 15 is 0 Å². The van der Waals surface area contributed by atoms with Crippen molar-refractivity contribution in [3.63, 3.8) is 0 Å². The molecule has 0 amide bonds. The van der Waals surface area contributed by atoms with E-state index in [4.69, 9.17) is 0 Å². The van der Waals surface area contributed by atoms with E-state index in [1.807, 2.05) is 13.8 Å². The Bertz CT molecular complexity index is 879. The molecule has 0 unspecified atom stereocenters. The molecule has 0 saturated heterocycles.